The molecule has 84 valence electrons. The van der Waals surface area contributed by atoms with Gasteiger partial charge in [-0.1, -0.05) is 13.8 Å². The van der Waals surface area contributed by atoms with Crippen LogP contribution < -0.4 is 0 Å². The van der Waals surface area contributed by atoms with E-state index in [9.17, 15) is 0 Å². The van der Waals surface area contributed by atoms with Crippen molar-refractivity contribution in [2.24, 2.45) is 0 Å². The van der Waals surface area contributed by atoms with E-state index in [0.29, 0.717) is 5.92 Å². The molecule has 2 heterocycles. The lowest BCUT2D eigenvalue weighted by molar-refractivity contribution is 0.697. The first-order valence-corrected chi connectivity index (χ1v) is 5.55. The van der Waals surface area contributed by atoms with Gasteiger partial charge in [0.25, 0.3) is 0 Å². The van der Waals surface area contributed by atoms with E-state index >= 15 is 0 Å². The Hall–Kier alpha value is -1.71. The summed E-state index contributed by atoms with van der Waals surface area (Å²) in [4.78, 5) is 8.78. The molecule has 0 aliphatic carbocycles. The van der Waals surface area contributed by atoms with Crippen LogP contribution in [-0.4, -0.2) is 19.7 Å². The molecular formula is C12H16N4. The van der Waals surface area contributed by atoms with Crippen molar-refractivity contribution in [3.63, 3.8) is 0 Å². The summed E-state index contributed by atoms with van der Waals surface area (Å²) in [5.74, 6) is 1.22. The molecule has 0 saturated heterocycles. The van der Waals surface area contributed by atoms with E-state index in [1.807, 2.05) is 25.4 Å². The lowest BCUT2D eigenvalue weighted by atomic mass is 10.1. The van der Waals surface area contributed by atoms with Crippen molar-refractivity contribution in [2.75, 3.05) is 0 Å². The molecule has 4 heteroatoms. The summed E-state index contributed by atoms with van der Waals surface area (Å²) in [5.41, 5.74) is 2.02. The first-order valence-electron chi connectivity index (χ1n) is 5.55. The quantitative estimate of drug-likeness (QED) is 0.791. The van der Waals surface area contributed by atoms with Gasteiger partial charge >= 0.3 is 0 Å². The zero-order chi connectivity index (χ0) is 11.5. The van der Waals surface area contributed by atoms with Gasteiger partial charge in [0, 0.05) is 6.20 Å². The summed E-state index contributed by atoms with van der Waals surface area (Å²) in [7, 11) is 0. The molecule has 0 aliphatic rings. The minimum absolute atomic E-state index is 0.459. The highest BCUT2D eigenvalue weighted by molar-refractivity contribution is 5.19. The minimum atomic E-state index is 0.459. The topological polar surface area (TPSA) is 43.6 Å². The monoisotopic (exact) mass is 216 g/mol. The smallest absolute Gasteiger partial charge is 0.171 e. The molecule has 0 saturated carbocycles. The second-order valence-electron chi connectivity index (χ2n) is 4.01. The van der Waals surface area contributed by atoms with Crippen LogP contribution in [0.25, 0.3) is 5.82 Å². The standard InChI is InChI=1S/C12H16N4/c1-4-9(2)11-7-14-12(8-13-11)16-6-5-10(3)15-16/h5-9H,4H2,1-3H3. The lowest BCUT2D eigenvalue weighted by Gasteiger charge is -2.07. The van der Waals surface area contributed by atoms with Crippen LogP contribution in [0.3, 0.4) is 0 Å². The van der Waals surface area contributed by atoms with Crippen LogP contribution in [0.15, 0.2) is 24.7 Å². The highest BCUT2D eigenvalue weighted by atomic mass is 15.3. The fourth-order valence-electron chi connectivity index (χ4n) is 1.46. The summed E-state index contributed by atoms with van der Waals surface area (Å²) < 4.78 is 1.74. The van der Waals surface area contributed by atoms with Crippen molar-refractivity contribution in [3.8, 4) is 5.82 Å². The molecule has 0 spiro atoms. The maximum atomic E-state index is 4.41. The first-order chi connectivity index (χ1) is 7.70. The highest BCUT2D eigenvalue weighted by Crippen LogP contribution is 2.15. The fraction of sp³-hybridized carbons (Fsp3) is 0.417. The summed E-state index contributed by atoms with van der Waals surface area (Å²) in [6.45, 7) is 6.26. The zero-order valence-electron chi connectivity index (χ0n) is 9.88. The largest absolute Gasteiger partial charge is 0.255 e. The Balaban J connectivity index is 2.25. The second kappa shape index (κ2) is 4.43. The Morgan fingerprint density at radius 2 is 2.12 bits per heavy atom. The van der Waals surface area contributed by atoms with Gasteiger partial charge in [0.05, 0.1) is 23.8 Å². The Bertz CT molecular complexity index is 458. The van der Waals surface area contributed by atoms with Crippen LogP contribution in [0.1, 0.15) is 37.6 Å². The van der Waals surface area contributed by atoms with Crippen molar-refractivity contribution in [1.82, 2.24) is 19.7 Å². The molecule has 0 fully saturated rings. The molecule has 2 rings (SSSR count). The summed E-state index contributed by atoms with van der Waals surface area (Å²) in [6.07, 6.45) is 6.58. The third kappa shape index (κ3) is 2.10. The number of aryl methyl sites for hydroxylation is 1. The molecule has 4 nitrogen and oxygen atoms in total. The van der Waals surface area contributed by atoms with Crippen molar-refractivity contribution in [1.29, 1.82) is 0 Å². The minimum Gasteiger partial charge on any atom is -0.255 e. The van der Waals surface area contributed by atoms with Crippen LogP contribution in [0.2, 0.25) is 0 Å². The fourth-order valence-corrected chi connectivity index (χ4v) is 1.46. The van der Waals surface area contributed by atoms with Crippen molar-refractivity contribution in [2.45, 2.75) is 33.1 Å². The molecule has 0 bridgehead atoms. The van der Waals surface area contributed by atoms with E-state index in [1.54, 1.807) is 10.9 Å². The molecule has 0 amide bonds. The molecule has 2 aromatic rings. The van der Waals surface area contributed by atoms with Gasteiger partial charge in [0.1, 0.15) is 0 Å². The van der Waals surface area contributed by atoms with Crippen molar-refractivity contribution in [3.05, 3.63) is 36.0 Å². The van der Waals surface area contributed by atoms with Gasteiger partial charge in [-0.15, -0.1) is 0 Å². The maximum absolute atomic E-state index is 4.41. The van der Waals surface area contributed by atoms with Crippen LogP contribution in [0.5, 0.6) is 0 Å². The van der Waals surface area contributed by atoms with Gasteiger partial charge in [-0.05, 0) is 25.3 Å². The van der Waals surface area contributed by atoms with Gasteiger partial charge in [0.2, 0.25) is 0 Å². The molecule has 1 unspecified atom stereocenters. The Labute approximate surface area is 95.4 Å². The Kier molecular flexibility index (Phi) is 2.99. The van der Waals surface area contributed by atoms with Gasteiger partial charge in [-0.2, -0.15) is 5.10 Å². The molecule has 0 aromatic carbocycles. The SMILES string of the molecule is CCC(C)c1cnc(-n2ccc(C)n2)cn1. The van der Waals surface area contributed by atoms with Gasteiger partial charge in [-0.3, -0.25) is 4.98 Å². The third-order valence-electron chi connectivity index (χ3n) is 2.73. The number of rotatable bonds is 3. The van der Waals surface area contributed by atoms with Gasteiger partial charge in [-0.25, -0.2) is 9.67 Å². The molecule has 2 aromatic heterocycles. The van der Waals surface area contributed by atoms with E-state index in [0.717, 1.165) is 23.6 Å². The molecule has 0 radical (unpaired) electrons. The van der Waals surface area contributed by atoms with Crippen molar-refractivity contribution >= 4 is 0 Å². The molecule has 0 N–H and O–H groups in total. The average molecular weight is 216 g/mol. The molecule has 1 atom stereocenters. The summed E-state index contributed by atoms with van der Waals surface area (Å²) in [5, 5.41) is 4.29. The molecule has 0 aliphatic heterocycles. The van der Waals surface area contributed by atoms with E-state index < -0.39 is 0 Å². The second-order valence-corrected chi connectivity index (χ2v) is 4.01. The van der Waals surface area contributed by atoms with E-state index in [1.165, 1.54) is 0 Å². The summed E-state index contributed by atoms with van der Waals surface area (Å²) in [6, 6.07) is 1.95. The summed E-state index contributed by atoms with van der Waals surface area (Å²) >= 11 is 0. The predicted molar refractivity (Wildman–Crippen MR) is 62.6 cm³/mol. The Morgan fingerprint density at radius 1 is 1.31 bits per heavy atom. The first kappa shape index (κ1) is 10.8. The van der Waals surface area contributed by atoms with E-state index in [2.05, 4.69) is 28.9 Å². The number of hydrogen-bond acceptors (Lipinski definition) is 3. The lowest BCUT2D eigenvalue weighted by Crippen LogP contribution is -2.02. The number of nitrogens with zero attached hydrogens (tertiary/aromatic N) is 4. The van der Waals surface area contributed by atoms with E-state index in [4.69, 9.17) is 0 Å². The third-order valence-corrected chi connectivity index (χ3v) is 2.73. The molecule has 16 heavy (non-hydrogen) atoms. The zero-order valence-corrected chi connectivity index (χ0v) is 9.88. The van der Waals surface area contributed by atoms with E-state index in [-0.39, 0.29) is 0 Å². The maximum Gasteiger partial charge on any atom is 0.171 e. The number of aromatic nitrogens is 4. The average Bonchev–Trinajstić information content (AvgIpc) is 2.75. The van der Waals surface area contributed by atoms with Crippen LogP contribution in [-0.2, 0) is 0 Å². The van der Waals surface area contributed by atoms with Crippen LogP contribution in [0.4, 0.5) is 0 Å². The van der Waals surface area contributed by atoms with Crippen LogP contribution >= 0.6 is 0 Å². The van der Waals surface area contributed by atoms with Gasteiger partial charge in [0.15, 0.2) is 5.82 Å². The Morgan fingerprint density at radius 3 is 2.62 bits per heavy atom. The predicted octanol–water partition coefficient (Wildman–Crippen LogP) is 2.48. The van der Waals surface area contributed by atoms with Crippen LogP contribution in [0, 0.1) is 6.92 Å². The van der Waals surface area contributed by atoms with Gasteiger partial charge < -0.3 is 0 Å². The van der Waals surface area contributed by atoms with Crippen molar-refractivity contribution < 1.29 is 0 Å². The highest BCUT2D eigenvalue weighted by Gasteiger charge is 2.06. The number of hydrogen-bond donors (Lipinski definition) is 0. The molecular weight excluding hydrogens is 200 g/mol. The normalized spacial score (nSPS) is 12.7.